The second kappa shape index (κ2) is 5.18. The molecule has 1 aromatic carbocycles. The third-order valence-corrected chi connectivity index (χ3v) is 2.54. The van der Waals surface area contributed by atoms with Crippen LogP contribution < -0.4 is 5.32 Å². The molecule has 6 heteroatoms. The van der Waals surface area contributed by atoms with E-state index >= 15 is 0 Å². The van der Waals surface area contributed by atoms with E-state index in [4.69, 9.17) is 0 Å². The van der Waals surface area contributed by atoms with Crippen molar-refractivity contribution in [2.75, 3.05) is 5.32 Å². The fourth-order valence-electron chi connectivity index (χ4n) is 1.28. The first-order chi connectivity index (χ1) is 8.15. The Labute approximate surface area is 105 Å². The first-order valence-electron chi connectivity index (χ1n) is 4.80. The van der Waals surface area contributed by atoms with Crippen molar-refractivity contribution >= 4 is 21.7 Å². The van der Waals surface area contributed by atoms with Gasteiger partial charge in [0.25, 0.3) is 0 Å². The molecule has 1 aromatic heterocycles. The molecule has 0 unspecified atom stereocenters. The predicted octanol–water partition coefficient (Wildman–Crippen LogP) is 3.13. The van der Waals surface area contributed by atoms with Crippen molar-refractivity contribution in [3.05, 3.63) is 52.4 Å². The molecule has 0 saturated carbocycles. The standard InChI is InChI=1S/C11H8BrF2N3/c12-10-4-11(17-6-16-10)15-5-7-1-2-8(13)3-9(7)14/h1-4,6H,5H2,(H,15,16,17). The minimum absolute atomic E-state index is 0.232. The van der Waals surface area contributed by atoms with Crippen LogP contribution in [0.3, 0.4) is 0 Å². The predicted molar refractivity (Wildman–Crippen MR) is 63.4 cm³/mol. The van der Waals surface area contributed by atoms with Gasteiger partial charge in [-0.05, 0) is 22.0 Å². The SMILES string of the molecule is Fc1ccc(CNc2cc(Br)ncn2)c(F)c1. The highest BCUT2D eigenvalue weighted by molar-refractivity contribution is 9.10. The van der Waals surface area contributed by atoms with Gasteiger partial charge in [-0.1, -0.05) is 6.07 Å². The van der Waals surface area contributed by atoms with Crippen LogP contribution in [0.5, 0.6) is 0 Å². The Kier molecular flexibility index (Phi) is 3.63. The molecule has 0 spiro atoms. The molecule has 3 nitrogen and oxygen atoms in total. The van der Waals surface area contributed by atoms with Crippen LogP contribution >= 0.6 is 15.9 Å². The third-order valence-electron chi connectivity index (χ3n) is 2.11. The molecule has 0 bridgehead atoms. The highest BCUT2D eigenvalue weighted by atomic mass is 79.9. The summed E-state index contributed by atoms with van der Waals surface area (Å²) in [5.41, 5.74) is 0.376. The van der Waals surface area contributed by atoms with Gasteiger partial charge in [-0.15, -0.1) is 0 Å². The number of nitrogens with one attached hydrogen (secondary N) is 1. The number of benzene rings is 1. The largest absolute Gasteiger partial charge is 0.366 e. The summed E-state index contributed by atoms with van der Waals surface area (Å²) in [6, 6.07) is 5.14. The van der Waals surface area contributed by atoms with E-state index in [9.17, 15) is 8.78 Å². The lowest BCUT2D eigenvalue weighted by atomic mass is 10.2. The molecule has 17 heavy (non-hydrogen) atoms. The van der Waals surface area contributed by atoms with Gasteiger partial charge in [-0.25, -0.2) is 18.7 Å². The maximum Gasteiger partial charge on any atom is 0.131 e. The number of hydrogen-bond donors (Lipinski definition) is 1. The van der Waals surface area contributed by atoms with Crippen molar-refractivity contribution in [2.45, 2.75) is 6.54 Å². The first-order valence-corrected chi connectivity index (χ1v) is 5.60. The van der Waals surface area contributed by atoms with Gasteiger partial charge in [-0.2, -0.15) is 0 Å². The second-order valence-corrected chi connectivity index (χ2v) is 4.13. The van der Waals surface area contributed by atoms with Crippen molar-refractivity contribution in [3.8, 4) is 0 Å². The van der Waals surface area contributed by atoms with E-state index in [-0.39, 0.29) is 6.54 Å². The van der Waals surface area contributed by atoms with Gasteiger partial charge in [-0.3, -0.25) is 0 Å². The van der Waals surface area contributed by atoms with Crippen molar-refractivity contribution in [1.82, 2.24) is 9.97 Å². The topological polar surface area (TPSA) is 37.8 Å². The summed E-state index contributed by atoms with van der Waals surface area (Å²) in [6.45, 7) is 0.232. The smallest absolute Gasteiger partial charge is 0.131 e. The van der Waals surface area contributed by atoms with Crippen LogP contribution in [-0.2, 0) is 6.54 Å². The lowest BCUT2D eigenvalue weighted by Gasteiger charge is -2.06. The van der Waals surface area contributed by atoms with E-state index in [1.54, 1.807) is 6.07 Å². The molecule has 0 radical (unpaired) electrons. The Morgan fingerprint density at radius 1 is 1.18 bits per heavy atom. The molecule has 0 aliphatic carbocycles. The van der Waals surface area contributed by atoms with E-state index < -0.39 is 11.6 Å². The van der Waals surface area contributed by atoms with Crippen LogP contribution in [0.15, 0.2) is 35.2 Å². The van der Waals surface area contributed by atoms with Gasteiger partial charge >= 0.3 is 0 Å². The van der Waals surface area contributed by atoms with E-state index in [0.717, 1.165) is 6.07 Å². The van der Waals surface area contributed by atoms with Crippen LogP contribution in [0.2, 0.25) is 0 Å². The fourth-order valence-corrected chi connectivity index (χ4v) is 1.59. The Morgan fingerprint density at radius 2 is 2.00 bits per heavy atom. The molecule has 2 rings (SSSR count). The number of rotatable bonds is 3. The average molecular weight is 300 g/mol. The fraction of sp³-hybridized carbons (Fsp3) is 0.0909. The molecule has 0 atom stereocenters. The molecule has 1 heterocycles. The van der Waals surface area contributed by atoms with Gasteiger partial charge in [0.05, 0.1) is 0 Å². The highest BCUT2D eigenvalue weighted by Crippen LogP contribution is 2.13. The summed E-state index contributed by atoms with van der Waals surface area (Å²) in [6.07, 6.45) is 1.38. The molecule has 0 aliphatic heterocycles. The van der Waals surface area contributed by atoms with Gasteiger partial charge < -0.3 is 5.32 Å². The van der Waals surface area contributed by atoms with Gasteiger partial charge in [0.15, 0.2) is 0 Å². The van der Waals surface area contributed by atoms with Crippen LogP contribution in [0.4, 0.5) is 14.6 Å². The van der Waals surface area contributed by atoms with E-state index in [1.165, 1.54) is 18.5 Å². The third kappa shape index (κ3) is 3.20. The molecule has 0 amide bonds. The number of aromatic nitrogens is 2. The summed E-state index contributed by atoms with van der Waals surface area (Å²) in [5.74, 6) is -0.600. The summed E-state index contributed by atoms with van der Waals surface area (Å²) in [7, 11) is 0. The van der Waals surface area contributed by atoms with Crippen molar-refractivity contribution in [3.63, 3.8) is 0 Å². The quantitative estimate of drug-likeness (QED) is 0.885. The lowest BCUT2D eigenvalue weighted by Crippen LogP contribution is -2.03. The van der Waals surface area contributed by atoms with Gasteiger partial charge in [0.1, 0.15) is 28.4 Å². The zero-order valence-electron chi connectivity index (χ0n) is 8.62. The summed E-state index contributed by atoms with van der Waals surface area (Å²) in [4.78, 5) is 7.82. The summed E-state index contributed by atoms with van der Waals surface area (Å²) in [5, 5.41) is 2.92. The number of anilines is 1. The average Bonchev–Trinajstić information content (AvgIpc) is 2.28. The first kappa shape index (κ1) is 11.9. The molecular weight excluding hydrogens is 292 g/mol. The molecule has 1 N–H and O–H groups in total. The van der Waals surface area contributed by atoms with Crippen LogP contribution in [0.1, 0.15) is 5.56 Å². The van der Waals surface area contributed by atoms with Gasteiger partial charge in [0, 0.05) is 24.2 Å². The minimum Gasteiger partial charge on any atom is -0.366 e. The molecule has 0 aliphatic rings. The maximum atomic E-state index is 13.3. The van der Waals surface area contributed by atoms with E-state index in [1.807, 2.05) is 0 Å². The molecule has 0 saturated heterocycles. The minimum atomic E-state index is -0.587. The van der Waals surface area contributed by atoms with Crippen LogP contribution in [0, 0.1) is 11.6 Å². The Balaban J connectivity index is 2.07. The Morgan fingerprint density at radius 3 is 2.71 bits per heavy atom. The molecule has 0 fully saturated rings. The normalized spacial score (nSPS) is 10.3. The molecular formula is C11H8BrF2N3. The summed E-state index contributed by atoms with van der Waals surface area (Å²) < 4.78 is 26.6. The van der Waals surface area contributed by atoms with E-state index in [0.29, 0.717) is 16.0 Å². The van der Waals surface area contributed by atoms with Crippen molar-refractivity contribution in [1.29, 1.82) is 0 Å². The zero-order chi connectivity index (χ0) is 12.3. The molecule has 88 valence electrons. The van der Waals surface area contributed by atoms with Crippen LogP contribution in [0.25, 0.3) is 0 Å². The van der Waals surface area contributed by atoms with E-state index in [2.05, 4.69) is 31.2 Å². The summed E-state index contributed by atoms with van der Waals surface area (Å²) >= 11 is 3.20. The maximum absolute atomic E-state index is 13.3. The number of halogens is 3. The zero-order valence-corrected chi connectivity index (χ0v) is 10.2. The Bertz CT molecular complexity index is 534. The van der Waals surface area contributed by atoms with Crippen LogP contribution in [-0.4, -0.2) is 9.97 Å². The highest BCUT2D eigenvalue weighted by Gasteiger charge is 2.04. The van der Waals surface area contributed by atoms with Crippen molar-refractivity contribution in [2.24, 2.45) is 0 Å². The lowest BCUT2D eigenvalue weighted by molar-refractivity contribution is 0.574. The Hall–Kier alpha value is -1.56. The number of nitrogens with zero attached hydrogens (tertiary/aromatic N) is 2. The van der Waals surface area contributed by atoms with Gasteiger partial charge in [0.2, 0.25) is 0 Å². The second-order valence-electron chi connectivity index (χ2n) is 3.32. The molecule has 2 aromatic rings. The monoisotopic (exact) mass is 299 g/mol. The number of hydrogen-bond acceptors (Lipinski definition) is 3. The van der Waals surface area contributed by atoms with Crippen molar-refractivity contribution < 1.29 is 8.78 Å².